The third-order valence-corrected chi connectivity index (χ3v) is 3.52. The molecule has 0 unspecified atom stereocenters. The summed E-state index contributed by atoms with van der Waals surface area (Å²) in [6, 6.07) is 2.21. The second kappa shape index (κ2) is 4.93. The average Bonchev–Trinajstić information content (AvgIpc) is 2.07. The van der Waals surface area contributed by atoms with Crippen molar-refractivity contribution in [1.29, 1.82) is 0 Å². The highest BCUT2D eigenvalue weighted by Crippen LogP contribution is 2.34. The number of rotatable bonds is 2. The second-order valence-electron chi connectivity index (χ2n) is 2.60. The van der Waals surface area contributed by atoms with Crippen LogP contribution in [0, 0.1) is 5.82 Å². The fourth-order valence-electron chi connectivity index (χ4n) is 0.775. The van der Waals surface area contributed by atoms with Gasteiger partial charge in [0.1, 0.15) is 5.82 Å². The maximum atomic E-state index is 12.9. The summed E-state index contributed by atoms with van der Waals surface area (Å²) in [5.74, 6) is -1.65. The molecule has 0 saturated carbocycles. The summed E-state index contributed by atoms with van der Waals surface area (Å²) in [6.45, 7) is 0. The van der Waals surface area contributed by atoms with Crippen LogP contribution in [0.4, 0.5) is 17.6 Å². The lowest BCUT2D eigenvalue weighted by molar-refractivity contribution is -0.105. The molecule has 0 saturated heterocycles. The van der Waals surface area contributed by atoms with Gasteiger partial charge < -0.3 is 0 Å². The van der Waals surface area contributed by atoms with Gasteiger partial charge in [0.25, 0.3) is 0 Å². The normalized spacial score (nSPS) is 11.9. The number of alkyl halides is 3. The second-order valence-corrected chi connectivity index (χ2v) is 4.88. The molecule has 0 amide bonds. The van der Waals surface area contributed by atoms with E-state index >= 15 is 0 Å². The number of hydrogen-bond acceptors (Lipinski definition) is 1. The Labute approximate surface area is 101 Å². The highest BCUT2D eigenvalue weighted by atomic mass is 79.9. The molecule has 0 aliphatic carbocycles. The Morgan fingerprint density at radius 1 is 1.33 bits per heavy atom. The molecular formula is C8H4BrClF4S. The molecule has 0 spiro atoms. The summed E-state index contributed by atoms with van der Waals surface area (Å²) in [6.07, 6.45) is -4.27. The fraction of sp³-hybridized carbons (Fsp3) is 0.250. The quantitative estimate of drug-likeness (QED) is 0.424. The van der Waals surface area contributed by atoms with Crippen molar-refractivity contribution in [1.82, 2.24) is 0 Å². The smallest absolute Gasteiger partial charge is 0.206 e. The summed E-state index contributed by atoms with van der Waals surface area (Å²) in [5, 5.41) is -0.0232. The van der Waals surface area contributed by atoms with Crippen LogP contribution in [0.15, 0.2) is 21.5 Å². The van der Waals surface area contributed by atoms with Crippen molar-refractivity contribution in [3.8, 4) is 0 Å². The van der Waals surface area contributed by atoms with Crippen LogP contribution >= 0.6 is 39.3 Å². The summed E-state index contributed by atoms with van der Waals surface area (Å²) < 4.78 is 48.7. The highest BCUT2D eigenvalue weighted by molar-refractivity contribution is 9.10. The van der Waals surface area contributed by atoms with Gasteiger partial charge in [0.15, 0.2) is 0 Å². The molecule has 0 aromatic heterocycles. The standard InChI is InChI=1S/C8H4BrClF4S/c9-4-1-7(5(10)2-6(4)11)15-3-8(12,13)14/h1-2H,3H2. The van der Waals surface area contributed by atoms with Crippen LogP contribution in [0.5, 0.6) is 0 Å². The van der Waals surface area contributed by atoms with Crippen molar-refractivity contribution in [2.75, 3.05) is 5.75 Å². The zero-order chi connectivity index (χ0) is 11.6. The molecule has 0 heterocycles. The fourth-order valence-corrected chi connectivity index (χ4v) is 2.30. The van der Waals surface area contributed by atoms with Crippen molar-refractivity contribution in [3.63, 3.8) is 0 Å². The Bertz CT molecular complexity index is 366. The number of halogens is 6. The summed E-state index contributed by atoms with van der Waals surface area (Å²) in [7, 11) is 0. The number of benzene rings is 1. The lowest BCUT2D eigenvalue weighted by Gasteiger charge is -2.08. The first kappa shape index (κ1) is 13.1. The van der Waals surface area contributed by atoms with Gasteiger partial charge in [-0.05, 0) is 28.1 Å². The molecule has 0 nitrogen and oxygen atoms in total. The van der Waals surface area contributed by atoms with Crippen molar-refractivity contribution in [2.24, 2.45) is 0 Å². The van der Waals surface area contributed by atoms with Gasteiger partial charge in [-0.15, -0.1) is 11.8 Å². The molecule has 0 radical (unpaired) electrons. The highest BCUT2D eigenvalue weighted by Gasteiger charge is 2.27. The van der Waals surface area contributed by atoms with E-state index < -0.39 is 17.7 Å². The van der Waals surface area contributed by atoms with E-state index in [-0.39, 0.29) is 14.4 Å². The molecule has 0 bridgehead atoms. The van der Waals surface area contributed by atoms with Gasteiger partial charge in [-0.1, -0.05) is 11.6 Å². The molecule has 0 aliphatic heterocycles. The van der Waals surface area contributed by atoms with E-state index in [1.54, 1.807) is 0 Å². The third kappa shape index (κ3) is 4.20. The van der Waals surface area contributed by atoms with Crippen molar-refractivity contribution >= 4 is 39.3 Å². The maximum absolute atomic E-state index is 12.9. The Hall–Kier alpha value is 0.0600. The van der Waals surface area contributed by atoms with E-state index in [9.17, 15) is 17.6 Å². The first-order valence-corrected chi connectivity index (χ1v) is 5.79. The molecule has 0 N–H and O–H groups in total. The SMILES string of the molecule is Fc1cc(Cl)c(SCC(F)(F)F)cc1Br. The molecule has 0 fully saturated rings. The van der Waals surface area contributed by atoms with Gasteiger partial charge in [0, 0.05) is 4.90 Å². The van der Waals surface area contributed by atoms with Crippen LogP contribution in [-0.2, 0) is 0 Å². The first-order chi connectivity index (χ1) is 6.79. The minimum absolute atomic E-state index is 0.0232. The molecule has 1 aromatic carbocycles. The summed E-state index contributed by atoms with van der Waals surface area (Å²) in [5.41, 5.74) is 0. The Balaban J connectivity index is 2.82. The maximum Gasteiger partial charge on any atom is 0.398 e. The van der Waals surface area contributed by atoms with E-state index in [0.29, 0.717) is 11.8 Å². The van der Waals surface area contributed by atoms with E-state index in [4.69, 9.17) is 11.6 Å². The predicted molar refractivity (Wildman–Crippen MR) is 55.9 cm³/mol. The van der Waals surface area contributed by atoms with Crippen molar-refractivity contribution < 1.29 is 17.6 Å². The van der Waals surface area contributed by atoms with Crippen LogP contribution in [-0.4, -0.2) is 11.9 Å². The topological polar surface area (TPSA) is 0 Å². The zero-order valence-corrected chi connectivity index (χ0v) is 10.2. The minimum atomic E-state index is -4.27. The van der Waals surface area contributed by atoms with Gasteiger partial charge >= 0.3 is 6.18 Å². The molecular weight excluding hydrogens is 320 g/mol. The Morgan fingerprint density at radius 2 is 1.93 bits per heavy atom. The van der Waals surface area contributed by atoms with Gasteiger partial charge in [0.2, 0.25) is 0 Å². The molecule has 15 heavy (non-hydrogen) atoms. The zero-order valence-electron chi connectivity index (χ0n) is 7.04. The lowest BCUT2D eigenvalue weighted by Crippen LogP contribution is -2.10. The largest absolute Gasteiger partial charge is 0.398 e. The van der Waals surface area contributed by atoms with Crippen LogP contribution in [0.3, 0.4) is 0 Å². The third-order valence-electron chi connectivity index (χ3n) is 1.37. The lowest BCUT2D eigenvalue weighted by atomic mass is 10.3. The first-order valence-electron chi connectivity index (χ1n) is 3.63. The molecule has 1 rings (SSSR count). The monoisotopic (exact) mass is 322 g/mol. The number of hydrogen-bond donors (Lipinski definition) is 0. The predicted octanol–water partition coefficient (Wildman–Crippen LogP) is 4.90. The van der Waals surface area contributed by atoms with Crippen LogP contribution in [0.25, 0.3) is 0 Å². The van der Waals surface area contributed by atoms with E-state index in [2.05, 4.69) is 15.9 Å². The molecule has 84 valence electrons. The van der Waals surface area contributed by atoms with Crippen molar-refractivity contribution in [3.05, 3.63) is 27.4 Å². The minimum Gasteiger partial charge on any atom is -0.206 e. The van der Waals surface area contributed by atoms with E-state index in [1.807, 2.05) is 0 Å². The van der Waals surface area contributed by atoms with Crippen LogP contribution in [0.2, 0.25) is 5.02 Å². The van der Waals surface area contributed by atoms with E-state index in [1.165, 1.54) is 6.07 Å². The summed E-state index contributed by atoms with van der Waals surface area (Å²) >= 11 is 8.98. The number of thioether (sulfide) groups is 1. The summed E-state index contributed by atoms with van der Waals surface area (Å²) in [4.78, 5) is 0.197. The molecule has 7 heteroatoms. The van der Waals surface area contributed by atoms with Crippen LogP contribution < -0.4 is 0 Å². The average molecular weight is 324 g/mol. The van der Waals surface area contributed by atoms with Gasteiger partial charge in [-0.3, -0.25) is 0 Å². The molecule has 0 aliphatic rings. The van der Waals surface area contributed by atoms with Crippen LogP contribution in [0.1, 0.15) is 0 Å². The van der Waals surface area contributed by atoms with E-state index in [0.717, 1.165) is 6.07 Å². The van der Waals surface area contributed by atoms with Gasteiger partial charge in [-0.2, -0.15) is 13.2 Å². The van der Waals surface area contributed by atoms with Crippen molar-refractivity contribution in [2.45, 2.75) is 11.1 Å². The Kier molecular flexibility index (Phi) is 4.31. The molecule has 0 atom stereocenters. The molecule has 1 aromatic rings. The van der Waals surface area contributed by atoms with Gasteiger partial charge in [0.05, 0.1) is 15.2 Å². The van der Waals surface area contributed by atoms with Gasteiger partial charge in [-0.25, -0.2) is 4.39 Å². The Morgan fingerprint density at radius 3 is 2.47 bits per heavy atom.